The van der Waals surface area contributed by atoms with E-state index in [1.165, 1.54) is 10.4 Å². The molecule has 2 aromatic rings. The first-order valence-corrected chi connectivity index (χ1v) is 8.08. The van der Waals surface area contributed by atoms with E-state index < -0.39 is 0 Å². The van der Waals surface area contributed by atoms with Crippen LogP contribution < -0.4 is 5.32 Å². The molecule has 1 atom stereocenters. The van der Waals surface area contributed by atoms with Crippen molar-refractivity contribution in [1.29, 1.82) is 0 Å². The largest absolute Gasteiger partial charge is 0.311 e. The van der Waals surface area contributed by atoms with Crippen molar-refractivity contribution >= 4 is 22.9 Å². The minimum absolute atomic E-state index is 0.104. The Morgan fingerprint density at radius 1 is 1.30 bits per heavy atom. The normalized spacial score (nSPS) is 13.4. The highest BCUT2D eigenvalue weighted by atomic mass is 35.5. The van der Waals surface area contributed by atoms with Crippen molar-refractivity contribution in [3.05, 3.63) is 51.4 Å². The van der Waals surface area contributed by atoms with Gasteiger partial charge in [0, 0.05) is 34.1 Å². The van der Waals surface area contributed by atoms with Crippen molar-refractivity contribution in [1.82, 2.24) is 10.3 Å². The standard InChI is InChI=1S/C16H21ClN2S/c1-16(2,3)19-9-12(8-13-10-18-11-20-13)14-6-4-5-7-15(14)17/h4-7,10-12,19H,8-9H2,1-3H3. The van der Waals surface area contributed by atoms with E-state index in [-0.39, 0.29) is 5.54 Å². The van der Waals surface area contributed by atoms with E-state index in [9.17, 15) is 0 Å². The zero-order chi connectivity index (χ0) is 14.6. The average molecular weight is 309 g/mol. The summed E-state index contributed by atoms with van der Waals surface area (Å²) in [5, 5.41) is 4.43. The molecule has 1 N–H and O–H groups in total. The molecule has 4 heteroatoms. The second-order valence-electron chi connectivity index (χ2n) is 6.02. The van der Waals surface area contributed by atoms with Crippen LogP contribution in [0.15, 0.2) is 36.0 Å². The van der Waals surface area contributed by atoms with E-state index in [4.69, 9.17) is 11.6 Å². The summed E-state index contributed by atoms with van der Waals surface area (Å²) >= 11 is 8.07. The minimum Gasteiger partial charge on any atom is -0.311 e. The fourth-order valence-corrected chi connectivity index (χ4v) is 3.08. The molecule has 2 nitrogen and oxygen atoms in total. The fraction of sp³-hybridized carbons (Fsp3) is 0.438. The number of rotatable bonds is 5. The molecular formula is C16H21ClN2S. The highest BCUT2D eigenvalue weighted by Gasteiger charge is 2.19. The lowest BCUT2D eigenvalue weighted by Crippen LogP contribution is -2.39. The van der Waals surface area contributed by atoms with E-state index in [1.807, 2.05) is 23.8 Å². The number of nitrogens with one attached hydrogen (secondary N) is 1. The van der Waals surface area contributed by atoms with Crippen LogP contribution >= 0.6 is 22.9 Å². The zero-order valence-corrected chi connectivity index (χ0v) is 13.8. The Kier molecular flexibility index (Phi) is 5.19. The molecule has 1 aromatic heterocycles. The van der Waals surface area contributed by atoms with Gasteiger partial charge in [0.25, 0.3) is 0 Å². The highest BCUT2D eigenvalue weighted by molar-refractivity contribution is 7.09. The summed E-state index contributed by atoms with van der Waals surface area (Å²) in [7, 11) is 0. The molecule has 0 bridgehead atoms. The zero-order valence-electron chi connectivity index (χ0n) is 12.2. The summed E-state index contributed by atoms with van der Waals surface area (Å²) in [6.07, 6.45) is 2.92. The van der Waals surface area contributed by atoms with Crippen molar-refractivity contribution in [2.75, 3.05) is 6.54 Å². The van der Waals surface area contributed by atoms with Crippen molar-refractivity contribution in [2.24, 2.45) is 0 Å². The molecule has 2 rings (SSSR count). The Bertz CT molecular complexity index is 532. The minimum atomic E-state index is 0.104. The SMILES string of the molecule is CC(C)(C)NCC(Cc1cncs1)c1ccccc1Cl. The number of hydrogen-bond acceptors (Lipinski definition) is 3. The Hall–Kier alpha value is -0.900. The van der Waals surface area contributed by atoms with Crippen LogP contribution in [0.3, 0.4) is 0 Å². The Morgan fingerprint density at radius 3 is 2.65 bits per heavy atom. The predicted molar refractivity (Wildman–Crippen MR) is 87.8 cm³/mol. The third kappa shape index (κ3) is 4.58. The molecular weight excluding hydrogens is 288 g/mol. The summed E-state index contributed by atoms with van der Waals surface area (Å²) < 4.78 is 0. The first-order valence-electron chi connectivity index (χ1n) is 6.82. The molecule has 0 aliphatic rings. The summed E-state index contributed by atoms with van der Waals surface area (Å²) in [5.41, 5.74) is 3.20. The summed E-state index contributed by atoms with van der Waals surface area (Å²) in [6, 6.07) is 8.12. The molecule has 0 spiro atoms. The van der Waals surface area contributed by atoms with E-state index in [1.54, 1.807) is 11.3 Å². The summed E-state index contributed by atoms with van der Waals surface area (Å²) in [5.74, 6) is 0.364. The molecule has 0 saturated heterocycles. The molecule has 20 heavy (non-hydrogen) atoms. The quantitative estimate of drug-likeness (QED) is 0.879. The van der Waals surface area contributed by atoms with Gasteiger partial charge in [0.05, 0.1) is 5.51 Å². The number of halogens is 1. The van der Waals surface area contributed by atoms with E-state index in [0.717, 1.165) is 18.0 Å². The molecule has 0 saturated carbocycles. The molecule has 0 aliphatic heterocycles. The van der Waals surface area contributed by atoms with Gasteiger partial charge in [0.1, 0.15) is 0 Å². The van der Waals surface area contributed by atoms with Crippen molar-refractivity contribution in [2.45, 2.75) is 38.6 Å². The van der Waals surface area contributed by atoms with Gasteiger partial charge in [-0.05, 0) is 38.8 Å². The highest BCUT2D eigenvalue weighted by Crippen LogP contribution is 2.28. The van der Waals surface area contributed by atoms with Gasteiger partial charge in [-0.25, -0.2) is 0 Å². The molecule has 1 heterocycles. The first-order chi connectivity index (χ1) is 9.46. The number of benzene rings is 1. The van der Waals surface area contributed by atoms with Crippen molar-refractivity contribution in [3.63, 3.8) is 0 Å². The lowest BCUT2D eigenvalue weighted by molar-refractivity contribution is 0.405. The lowest BCUT2D eigenvalue weighted by atomic mass is 9.94. The van der Waals surface area contributed by atoms with E-state index in [0.29, 0.717) is 5.92 Å². The molecule has 108 valence electrons. The van der Waals surface area contributed by atoms with Crippen LogP contribution in [0, 0.1) is 0 Å². The third-order valence-corrected chi connectivity index (χ3v) is 4.30. The van der Waals surface area contributed by atoms with Gasteiger partial charge in [-0.15, -0.1) is 11.3 Å². The maximum atomic E-state index is 6.37. The Morgan fingerprint density at radius 2 is 2.05 bits per heavy atom. The average Bonchev–Trinajstić information content (AvgIpc) is 2.87. The van der Waals surface area contributed by atoms with Gasteiger partial charge < -0.3 is 5.32 Å². The van der Waals surface area contributed by atoms with Crippen LogP contribution in [-0.4, -0.2) is 17.1 Å². The van der Waals surface area contributed by atoms with Crippen molar-refractivity contribution in [3.8, 4) is 0 Å². The van der Waals surface area contributed by atoms with Crippen LogP contribution in [0.1, 0.15) is 37.1 Å². The third-order valence-electron chi connectivity index (χ3n) is 3.15. The fourth-order valence-electron chi connectivity index (χ4n) is 2.11. The maximum Gasteiger partial charge on any atom is 0.0794 e. The summed E-state index contributed by atoms with van der Waals surface area (Å²) in [6.45, 7) is 7.46. The Balaban J connectivity index is 2.17. The van der Waals surface area contributed by atoms with Gasteiger partial charge in [0.15, 0.2) is 0 Å². The second kappa shape index (κ2) is 6.70. The monoisotopic (exact) mass is 308 g/mol. The number of thiazole rings is 1. The van der Waals surface area contributed by atoms with E-state index >= 15 is 0 Å². The molecule has 0 radical (unpaired) electrons. The molecule has 0 aliphatic carbocycles. The van der Waals surface area contributed by atoms with Crippen LogP contribution in [0.5, 0.6) is 0 Å². The molecule has 1 aromatic carbocycles. The van der Waals surface area contributed by atoms with Crippen LogP contribution in [-0.2, 0) is 6.42 Å². The number of hydrogen-bond donors (Lipinski definition) is 1. The van der Waals surface area contributed by atoms with Gasteiger partial charge >= 0.3 is 0 Å². The summed E-state index contributed by atoms with van der Waals surface area (Å²) in [4.78, 5) is 5.46. The van der Waals surface area contributed by atoms with Gasteiger partial charge in [-0.3, -0.25) is 4.98 Å². The van der Waals surface area contributed by atoms with Crippen molar-refractivity contribution < 1.29 is 0 Å². The topological polar surface area (TPSA) is 24.9 Å². The molecule has 1 unspecified atom stereocenters. The predicted octanol–water partition coefficient (Wildman–Crippen LogP) is 4.51. The van der Waals surface area contributed by atoms with Gasteiger partial charge in [-0.2, -0.15) is 0 Å². The molecule has 0 fully saturated rings. The van der Waals surface area contributed by atoms with Gasteiger partial charge in [0.2, 0.25) is 0 Å². The number of nitrogens with zero attached hydrogens (tertiary/aromatic N) is 1. The maximum absolute atomic E-state index is 6.37. The first kappa shape index (κ1) is 15.5. The van der Waals surface area contributed by atoms with Crippen LogP contribution in [0.2, 0.25) is 5.02 Å². The second-order valence-corrected chi connectivity index (χ2v) is 7.40. The van der Waals surface area contributed by atoms with Gasteiger partial charge in [-0.1, -0.05) is 29.8 Å². The van der Waals surface area contributed by atoms with Crippen LogP contribution in [0.25, 0.3) is 0 Å². The molecule has 0 amide bonds. The lowest BCUT2D eigenvalue weighted by Gasteiger charge is -2.26. The number of aromatic nitrogens is 1. The Labute approximate surface area is 130 Å². The smallest absolute Gasteiger partial charge is 0.0794 e. The van der Waals surface area contributed by atoms with Crippen LogP contribution in [0.4, 0.5) is 0 Å². The van der Waals surface area contributed by atoms with E-state index in [2.05, 4.69) is 43.2 Å².